The van der Waals surface area contributed by atoms with Crippen LogP contribution in [-0.4, -0.2) is 38.1 Å². The first kappa shape index (κ1) is 22.7. The number of phenolic OH excluding ortho intramolecular Hbond substituents is 3. The molecule has 168 valence electrons. The lowest BCUT2D eigenvalue weighted by molar-refractivity contribution is -0.140. The van der Waals surface area contributed by atoms with Crippen LogP contribution in [-0.2, 0) is 22.5 Å². The molecule has 8 heteroatoms. The summed E-state index contributed by atoms with van der Waals surface area (Å²) in [6.45, 7) is 1.93. The average Bonchev–Trinajstić information content (AvgIpc) is 2.74. The van der Waals surface area contributed by atoms with Crippen LogP contribution in [0.5, 0.6) is 23.0 Å². The van der Waals surface area contributed by atoms with Gasteiger partial charge >= 0.3 is 5.97 Å². The molecular formula is C24H25NO7. The predicted octanol–water partition coefficient (Wildman–Crippen LogP) is 2.92. The lowest BCUT2D eigenvalue weighted by Crippen LogP contribution is -2.29. The van der Waals surface area contributed by atoms with Crippen molar-refractivity contribution in [2.75, 3.05) is 7.11 Å². The zero-order valence-electron chi connectivity index (χ0n) is 17.8. The number of hydrogen-bond donors (Lipinski definition) is 4. The van der Waals surface area contributed by atoms with Crippen molar-refractivity contribution >= 4 is 5.97 Å². The number of aromatic nitrogens is 1. The Bertz CT molecular complexity index is 1200. The smallest absolute Gasteiger partial charge is 0.306 e. The van der Waals surface area contributed by atoms with Gasteiger partial charge in [-0.1, -0.05) is 18.2 Å². The summed E-state index contributed by atoms with van der Waals surface area (Å²) < 4.78 is 6.26. The SMILES string of the molecule is COC(=O)CC(c1cccc(O)c1)c1c(O)cc(C)n(CCc2ccc(O)c(O)c2)c1=O. The maximum absolute atomic E-state index is 13.4. The fraction of sp³-hybridized carbons (Fsp3) is 0.250. The Morgan fingerprint density at radius 2 is 1.75 bits per heavy atom. The summed E-state index contributed by atoms with van der Waals surface area (Å²) in [6, 6.07) is 12.1. The molecule has 1 atom stereocenters. The van der Waals surface area contributed by atoms with E-state index in [9.17, 15) is 30.0 Å². The molecule has 8 nitrogen and oxygen atoms in total. The fourth-order valence-corrected chi connectivity index (χ4v) is 3.72. The Morgan fingerprint density at radius 3 is 2.41 bits per heavy atom. The molecule has 3 rings (SSSR count). The third-order valence-corrected chi connectivity index (χ3v) is 5.41. The number of phenols is 3. The van der Waals surface area contributed by atoms with Crippen molar-refractivity contribution in [3.63, 3.8) is 0 Å². The van der Waals surface area contributed by atoms with Crippen LogP contribution in [0.25, 0.3) is 0 Å². The number of rotatable bonds is 7. The van der Waals surface area contributed by atoms with Crippen LogP contribution in [0, 0.1) is 6.92 Å². The zero-order valence-corrected chi connectivity index (χ0v) is 17.8. The molecule has 0 aliphatic carbocycles. The van der Waals surface area contributed by atoms with E-state index < -0.39 is 17.4 Å². The second-order valence-electron chi connectivity index (χ2n) is 7.54. The first-order chi connectivity index (χ1) is 15.2. The molecule has 0 spiro atoms. The highest BCUT2D eigenvalue weighted by molar-refractivity contribution is 5.71. The van der Waals surface area contributed by atoms with Crippen LogP contribution in [0.2, 0.25) is 0 Å². The van der Waals surface area contributed by atoms with Gasteiger partial charge in [-0.2, -0.15) is 0 Å². The van der Waals surface area contributed by atoms with Crippen molar-refractivity contribution in [1.29, 1.82) is 0 Å². The van der Waals surface area contributed by atoms with E-state index in [-0.39, 0.29) is 41.5 Å². The minimum Gasteiger partial charge on any atom is -0.508 e. The number of methoxy groups -OCH3 is 1. The summed E-state index contributed by atoms with van der Waals surface area (Å²) in [5, 5.41) is 39.7. The maximum atomic E-state index is 13.4. The topological polar surface area (TPSA) is 129 Å². The van der Waals surface area contributed by atoms with Crippen LogP contribution < -0.4 is 5.56 Å². The molecule has 32 heavy (non-hydrogen) atoms. The van der Waals surface area contributed by atoms with Crippen LogP contribution in [0.3, 0.4) is 0 Å². The van der Waals surface area contributed by atoms with Crippen molar-refractivity contribution in [3.8, 4) is 23.0 Å². The van der Waals surface area contributed by atoms with Crippen molar-refractivity contribution in [2.45, 2.75) is 32.2 Å². The number of pyridine rings is 1. The summed E-state index contributed by atoms with van der Waals surface area (Å²) in [4.78, 5) is 25.5. The molecule has 0 bridgehead atoms. The molecule has 0 saturated carbocycles. The second kappa shape index (κ2) is 9.47. The third-order valence-electron chi connectivity index (χ3n) is 5.41. The van der Waals surface area contributed by atoms with Crippen molar-refractivity contribution in [3.05, 3.63) is 81.3 Å². The molecule has 0 aliphatic rings. The first-order valence-corrected chi connectivity index (χ1v) is 10.0. The van der Waals surface area contributed by atoms with Gasteiger partial charge in [-0.3, -0.25) is 9.59 Å². The van der Waals surface area contributed by atoms with E-state index in [1.807, 2.05) is 0 Å². The van der Waals surface area contributed by atoms with Crippen LogP contribution in [0.1, 0.15) is 34.7 Å². The average molecular weight is 439 g/mol. The van der Waals surface area contributed by atoms with Gasteiger partial charge in [0.2, 0.25) is 0 Å². The molecule has 0 radical (unpaired) electrons. The van der Waals surface area contributed by atoms with Crippen LogP contribution in [0.4, 0.5) is 0 Å². The number of carbonyl (C=O) groups is 1. The van der Waals surface area contributed by atoms with E-state index in [4.69, 9.17) is 4.74 Å². The lowest BCUT2D eigenvalue weighted by atomic mass is 9.88. The minimum absolute atomic E-state index is 0.0279. The Hall–Kier alpha value is -3.94. The van der Waals surface area contributed by atoms with E-state index in [0.29, 0.717) is 23.2 Å². The number of carbonyl (C=O) groups excluding carboxylic acids is 1. The summed E-state index contributed by atoms with van der Waals surface area (Å²) >= 11 is 0. The third kappa shape index (κ3) is 4.85. The quantitative estimate of drug-likeness (QED) is 0.329. The fourth-order valence-electron chi connectivity index (χ4n) is 3.72. The molecule has 0 aliphatic heterocycles. The molecule has 1 aromatic heterocycles. The molecule has 0 amide bonds. The van der Waals surface area contributed by atoms with E-state index in [2.05, 4.69) is 0 Å². The monoisotopic (exact) mass is 439 g/mol. The van der Waals surface area contributed by atoms with Gasteiger partial charge in [0, 0.05) is 18.2 Å². The Balaban J connectivity index is 2.04. The van der Waals surface area contributed by atoms with Crippen LogP contribution in [0.15, 0.2) is 53.3 Å². The highest BCUT2D eigenvalue weighted by Gasteiger charge is 2.26. The first-order valence-electron chi connectivity index (χ1n) is 10.0. The standard InChI is InChI=1S/C24H25NO7/c1-14-10-21(29)23(18(13-22(30)32-2)16-4-3-5-17(26)12-16)24(31)25(14)9-8-15-6-7-19(27)20(28)11-15/h3-7,10-12,18,26-29H,8-9,13H2,1-2H3. The van der Waals surface area contributed by atoms with Crippen molar-refractivity contribution < 1.29 is 30.0 Å². The molecule has 3 aromatic rings. The lowest BCUT2D eigenvalue weighted by Gasteiger charge is -2.20. The molecule has 0 fully saturated rings. The summed E-state index contributed by atoms with van der Waals surface area (Å²) in [5.74, 6) is -2.15. The Labute approximate surface area is 184 Å². The maximum Gasteiger partial charge on any atom is 0.306 e. The van der Waals surface area contributed by atoms with E-state index >= 15 is 0 Å². The molecule has 1 heterocycles. The molecule has 4 N–H and O–H groups in total. The van der Waals surface area contributed by atoms with Gasteiger partial charge in [0.05, 0.1) is 19.1 Å². The van der Waals surface area contributed by atoms with Gasteiger partial charge in [-0.05, 0) is 54.8 Å². The van der Waals surface area contributed by atoms with E-state index in [1.54, 1.807) is 25.1 Å². The van der Waals surface area contributed by atoms with E-state index in [1.165, 1.54) is 42.0 Å². The van der Waals surface area contributed by atoms with Gasteiger partial charge in [0.25, 0.3) is 5.56 Å². The molecular weight excluding hydrogens is 414 g/mol. The van der Waals surface area contributed by atoms with Crippen molar-refractivity contribution in [1.82, 2.24) is 4.57 Å². The number of hydrogen-bond acceptors (Lipinski definition) is 7. The predicted molar refractivity (Wildman–Crippen MR) is 117 cm³/mol. The minimum atomic E-state index is -0.827. The van der Waals surface area contributed by atoms with Crippen molar-refractivity contribution in [2.24, 2.45) is 0 Å². The number of benzene rings is 2. The number of esters is 1. The van der Waals surface area contributed by atoms with Crippen LogP contribution >= 0.6 is 0 Å². The largest absolute Gasteiger partial charge is 0.508 e. The number of nitrogens with zero attached hydrogens (tertiary/aromatic N) is 1. The number of ether oxygens (including phenoxy) is 1. The van der Waals surface area contributed by atoms with Gasteiger partial charge in [-0.15, -0.1) is 0 Å². The highest BCUT2D eigenvalue weighted by atomic mass is 16.5. The Morgan fingerprint density at radius 1 is 1.00 bits per heavy atom. The molecule has 2 aromatic carbocycles. The highest BCUT2D eigenvalue weighted by Crippen LogP contribution is 2.34. The second-order valence-corrected chi connectivity index (χ2v) is 7.54. The normalized spacial score (nSPS) is 11.8. The zero-order chi connectivity index (χ0) is 23.4. The Kier molecular flexibility index (Phi) is 6.73. The summed E-state index contributed by atoms with van der Waals surface area (Å²) in [7, 11) is 1.24. The van der Waals surface area contributed by atoms with E-state index in [0.717, 1.165) is 0 Å². The van der Waals surface area contributed by atoms with Gasteiger partial charge in [0.15, 0.2) is 11.5 Å². The number of aromatic hydroxyl groups is 4. The molecule has 0 saturated heterocycles. The van der Waals surface area contributed by atoms with Gasteiger partial charge in [-0.25, -0.2) is 0 Å². The summed E-state index contributed by atoms with van der Waals surface area (Å²) in [6.07, 6.45) is 0.185. The number of aryl methyl sites for hydroxylation is 2. The van der Waals surface area contributed by atoms with Gasteiger partial charge < -0.3 is 29.7 Å². The van der Waals surface area contributed by atoms with Gasteiger partial charge in [0.1, 0.15) is 11.5 Å². The molecule has 1 unspecified atom stereocenters. The summed E-state index contributed by atoms with van der Waals surface area (Å²) in [5.41, 5.74) is 1.27.